The number of carbonyl (C=O) groups is 3. The molecule has 2 aromatic carbocycles. The van der Waals surface area contributed by atoms with Gasteiger partial charge in [0.1, 0.15) is 29.5 Å². The third-order valence-corrected chi connectivity index (χ3v) is 13.2. The van der Waals surface area contributed by atoms with Crippen molar-refractivity contribution in [1.82, 2.24) is 19.9 Å². The highest BCUT2D eigenvalue weighted by Crippen LogP contribution is 2.47. The summed E-state index contributed by atoms with van der Waals surface area (Å²) in [5.41, 5.74) is -3.20. The zero-order valence-corrected chi connectivity index (χ0v) is 30.3. The molecule has 0 radical (unpaired) electrons. The lowest BCUT2D eigenvalue weighted by molar-refractivity contribution is -0.140. The second kappa shape index (κ2) is 14.2. The Bertz CT molecular complexity index is 2100. The maximum absolute atomic E-state index is 14.5. The van der Waals surface area contributed by atoms with Gasteiger partial charge in [0.15, 0.2) is 0 Å². The van der Waals surface area contributed by atoms with Crippen molar-refractivity contribution in [2.45, 2.75) is 99.4 Å². The van der Waals surface area contributed by atoms with Crippen LogP contribution in [-0.4, -0.2) is 71.0 Å². The summed E-state index contributed by atoms with van der Waals surface area (Å²) in [4.78, 5) is 48.3. The molecular formula is C38H41F4N5O6S. The van der Waals surface area contributed by atoms with Crippen molar-refractivity contribution in [2.24, 2.45) is 5.92 Å². The molecular weight excluding hydrogens is 731 g/mol. The number of aromatic nitrogens is 1. The number of sulfonamides is 1. The molecule has 0 spiro atoms. The lowest BCUT2D eigenvalue weighted by Gasteiger charge is -2.30. The fourth-order valence-electron chi connectivity index (χ4n) is 7.32. The van der Waals surface area contributed by atoms with E-state index in [2.05, 4.69) is 20.3 Å². The SMILES string of the molecule is CC1(S(=O)(=O)NC(=O)[C@@]23C[C@H]2C=CCCCCC[C@H](Nc2ccc(F)c(C(F)(F)F)c2)C(=O)N2C[C@H](Oc4nccc5ccccc45)C[C@H]2C(=O)N3)CC1. The van der Waals surface area contributed by atoms with Crippen molar-refractivity contribution >= 4 is 44.2 Å². The van der Waals surface area contributed by atoms with Gasteiger partial charge in [-0.3, -0.25) is 19.1 Å². The number of carbonyl (C=O) groups excluding carboxylic acids is 3. The number of pyridine rings is 1. The van der Waals surface area contributed by atoms with Gasteiger partial charge >= 0.3 is 6.18 Å². The van der Waals surface area contributed by atoms with Crippen molar-refractivity contribution < 1.29 is 45.1 Å². The summed E-state index contributed by atoms with van der Waals surface area (Å²) in [5, 5.41) is 7.24. The van der Waals surface area contributed by atoms with E-state index in [4.69, 9.17) is 4.74 Å². The third kappa shape index (κ3) is 7.49. The van der Waals surface area contributed by atoms with Crippen LogP contribution in [0.1, 0.15) is 70.3 Å². The van der Waals surface area contributed by atoms with Crippen molar-refractivity contribution in [1.29, 1.82) is 0 Å². The number of hydrogen-bond acceptors (Lipinski definition) is 8. The summed E-state index contributed by atoms with van der Waals surface area (Å²) in [5.74, 6) is -3.85. The van der Waals surface area contributed by atoms with Crippen LogP contribution in [0.2, 0.25) is 0 Å². The number of alkyl halides is 3. The van der Waals surface area contributed by atoms with E-state index in [0.29, 0.717) is 56.0 Å². The Morgan fingerprint density at radius 3 is 2.61 bits per heavy atom. The standard InChI is InChI=1S/C38H41F4N5O6S/c1-36(16-17-36)54(51,52)46-35(50)37-21-24(37)10-5-3-2-4-6-12-30(44-25-13-14-29(39)28(19-25)38(40,41)42)34(49)47-22-26(20-31(47)32(48)45-37)53-33-27-11-8-7-9-23(27)15-18-43-33/h5,7-11,13-15,18-19,24,26,30-31,44H,2-4,6,12,16-17,20-22H2,1H3,(H,45,48)(H,46,50)/t24-,26-,30+,31+,37-/m1/s1. The Balaban J connectivity index is 1.21. The number of halogens is 4. The normalized spacial score (nSPS) is 27.2. The Morgan fingerprint density at radius 1 is 1.07 bits per heavy atom. The van der Waals surface area contributed by atoms with E-state index < -0.39 is 79.7 Å². The molecule has 54 heavy (non-hydrogen) atoms. The van der Waals surface area contributed by atoms with Gasteiger partial charge in [-0.2, -0.15) is 13.2 Å². The van der Waals surface area contributed by atoms with Crippen LogP contribution in [0.25, 0.3) is 10.8 Å². The zero-order valence-electron chi connectivity index (χ0n) is 29.5. The van der Waals surface area contributed by atoms with Crippen LogP contribution in [0.4, 0.5) is 23.2 Å². The van der Waals surface area contributed by atoms with Crippen LogP contribution in [-0.2, 0) is 30.6 Å². The summed E-state index contributed by atoms with van der Waals surface area (Å²) < 4.78 is 88.7. The van der Waals surface area contributed by atoms with E-state index in [0.717, 1.165) is 11.5 Å². The fraction of sp³-hybridized carbons (Fsp3) is 0.474. The van der Waals surface area contributed by atoms with Crippen LogP contribution < -0.4 is 20.1 Å². The van der Waals surface area contributed by atoms with Gasteiger partial charge in [0, 0.05) is 29.6 Å². The lowest BCUT2D eigenvalue weighted by Crippen LogP contribution is -2.58. The van der Waals surface area contributed by atoms with Crippen molar-refractivity contribution in [3.05, 3.63) is 78.3 Å². The predicted octanol–water partition coefficient (Wildman–Crippen LogP) is 5.62. The van der Waals surface area contributed by atoms with Crippen LogP contribution >= 0.6 is 0 Å². The molecule has 0 unspecified atom stereocenters. The molecule has 3 amide bonds. The van der Waals surface area contributed by atoms with E-state index in [1.54, 1.807) is 19.2 Å². The highest BCUT2D eigenvalue weighted by atomic mass is 32.2. The molecule has 11 nitrogen and oxygen atoms in total. The number of allylic oxidation sites excluding steroid dienone is 1. The summed E-state index contributed by atoms with van der Waals surface area (Å²) in [6, 6.07) is 9.27. The minimum atomic E-state index is -4.97. The molecule has 3 heterocycles. The van der Waals surface area contributed by atoms with Crippen LogP contribution in [0.3, 0.4) is 0 Å². The first-order chi connectivity index (χ1) is 25.6. The van der Waals surface area contributed by atoms with Gasteiger partial charge in [-0.05, 0) is 81.2 Å². The molecule has 2 aliphatic heterocycles. The van der Waals surface area contributed by atoms with Gasteiger partial charge < -0.3 is 20.3 Å². The Hall–Kier alpha value is -4.73. The Morgan fingerprint density at radius 2 is 1.85 bits per heavy atom. The highest BCUT2D eigenvalue weighted by molar-refractivity contribution is 7.91. The van der Waals surface area contributed by atoms with Crippen molar-refractivity contribution in [2.75, 3.05) is 11.9 Å². The molecule has 3 fully saturated rings. The summed E-state index contributed by atoms with van der Waals surface area (Å²) in [7, 11) is -4.04. The number of benzene rings is 2. The number of nitrogens with one attached hydrogen (secondary N) is 3. The average Bonchev–Trinajstić information content (AvgIpc) is 4.00. The maximum Gasteiger partial charge on any atom is 0.419 e. The number of ether oxygens (including phenoxy) is 1. The van der Waals surface area contributed by atoms with Gasteiger partial charge in [0.05, 0.1) is 16.9 Å². The van der Waals surface area contributed by atoms with E-state index in [1.807, 2.05) is 36.4 Å². The van der Waals surface area contributed by atoms with Crippen LogP contribution in [0.15, 0.2) is 66.9 Å². The summed E-state index contributed by atoms with van der Waals surface area (Å²) in [6.07, 6.45) is 3.06. The first-order valence-corrected chi connectivity index (χ1v) is 19.6. The minimum absolute atomic E-state index is 0.0292. The smallest absolute Gasteiger partial charge is 0.419 e. The molecule has 3 N–H and O–H groups in total. The lowest BCUT2D eigenvalue weighted by atomic mass is 10.0. The average molecular weight is 772 g/mol. The first-order valence-electron chi connectivity index (χ1n) is 18.1. The topological polar surface area (TPSA) is 147 Å². The van der Waals surface area contributed by atoms with Gasteiger partial charge in [-0.25, -0.2) is 17.8 Å². The highest BCUT2D eigenvalue weighted by Gasteiger charge is 2.63. The number of hydrogen-bond donors (Lipinski definition) is 3. The van der Waals surface area contributed by atoms with Gasteiger partial charge in [-0.15, -0.1) is 0 Å². The summed E-state index contributed by atoms with van der Waals surface area (Å²) in [6.45, 7) is 1.44. The number of rotatable bonds is 7. The van der Waals surface area contributed by atoms with Gasteiger partial charge in [0.25, 0.3) is 5.91 Å². The van der Waals surface area contributed by atoms with E-state index in [-0.39, 0.29) is 37.4 Å². The maximum atomic E-state index is 14.5. The molecule has 3 aromatic rings. The van der Waals surface area contributed by atoms with Crippen LogP contribution in [0, 0.1) is 11.7 Å². The Labute approximate surface area is 310 Å². The molecule has 7 rings (SSSR count). The van der Waals surface area contributed by atoms with E-state index in [9.17, 15) is 40.4 Å². The molecule has 288 valence electrons. The molecule has 1 saturated heterocycles. The zero-order chi connectivity index (χ0) is 38.5. The molecule has 16 heteroatoms. The largest absolute Gasteiger partial charge is 0.472 e. The first kappa shape index (κ1) is 37.6. The van der Waals surface area contributed by atoms with Gasteiger partial charge in [0.2, 0.25) is 27.7 Å². The van der Waals surface area contributed by atoms with E-state index >= 15 is 0 Å². The molecule has 2 aliphatic carbocycles. The monoisotopic (exact) mass is 771 g/mol. The quantitative estimate of drug-likeness (QED) is 0.208. The van der Waals surface area contributed by atoms with E-state index in [1.165, 1.54) is 4.90 Å². The number of amides is 3. The Kier molecular flexibility index (Phi) is 9.86. The third-order valence-electron chi connectivity index (χ3n) is 11.0. The molecule has 1 aromatic heterocycles. The number of nitrogens with zero attached hydrogens (tertiary/aromatic N) is 2. The van der Waals surface area contributed by atoms with Crippen LogP contribution in [0.5, 0.6) is 5.88 Å². The second-order valence-electron chi connectivity index (χ2n) is 14.9. The minimum Gasteiger partial charge on any atom is -0.472 e. The second-order valence-corrected chi connectivity index (χ2v) is 17.1. The van der Waals surface area contributed by atoms with Gasteiger partial charge in [-0.1, -0.05) is 43.2 Å². The molecule has 0 bridgehead atoms. The number of fused-ring (bicyclic) bond motifs is 3. The summed E-state index contributed by atoms with van der Waals surface area (Å²) >= 11 is 0. The molecule has 4 aliphatic rings. The molecule has 2 saturated carbocycles. The fourth-order valence-corrected chi connectivity index (χ4v) is 8.64. The van der Waals surface area contributed by atoms with Crippen molar-refractivity contribution in [3.63, 3.8) is 0 Å². The van der Waals surface area contributed by atoms with Crippen molar-refractivity contribution in [3.8, 4) is 5.88 Å². The number of anilines is 1. The molecule has 5 atom stereocenters. The predicted molar refractivity (Wildman–Crippen MR) is 191 cm³/mol.